The van der Waals surface area contributed by atoms with Crippen LogP contribution in [-0.2, 0) is 16.0 Å². The van der Waals surface area contributed by atoms with Crippen LogP contribution in [0.5, 0.6) is 5.75 Å². The quantitative estimate of drug-likeness (QED) is 0.866. The van der Waals surface area contributed by atoms with Crippen LogP contribution in [0.25, 0.3) is 0 Å². The van der Waals surface area contributed by atoms with Gasteiger partial charge in [-0.1, -0.05) is 24.3 Å². The van der Waals surface area contributed by atoms with Crippen LogP contribution in [-0.4, -0.2) is 31.0 Å². The predicted molar refractivity (Wildman–Crippen MR) is 96.6 cm³/mol. The van der Waals surface area contributed by atoms with Gasteiger partial charge in [-0.15, -0.1) is 0 Å². The molecule has 0 bridgehead atoms. The second kappa shape index (κ2) is 7.99. The van der Waals surface area contributed by atoms with Gasteiger partial charge in [-0.2, -0.15) is 0 Å². The van der Waals surface area contributed by atoms with Gasteiger partial charge < -0.3 is 15.0 Å². The Kier molecular flexibility index (Phi) is 5.51. The fraction of sp³-hybridized carbons (Fsp3) is 0.300. The highest BCUT2D eigenvalue weighted by Gasteiger charge is 2.31. The van der Waals surface area contributed by atoms with Crippen molar-refractivity contribution in [3.63, 3.8) is 0 Å². The molecular weight excluding hydrogens is 335 g/mol. The number of halogens is 1. The van der Waals surface area contributed by atoms with Crippen LogP contribution in [0.4, 0.5) is 10.1 Å². The lowest BCUT2D eigenvalue weighted by atomic mass is 10.1. The third-order valence-corrected chi connectivity index (χ3v) is 4.26. The molecule has 0 radical (unpaired) electrons. The Bertz CT molecular complexity index is 809. The first kappa shape index (κ1) is 17.9. The van der Waals surface area contributed by atoms with Crippen molar-refractivity contribution in [2.75, 3.05) is 18.0 Å². The van der Waals surface area contributed by atoms with Crippen LogP contribution in [0.1, 0.15) is 18.9 Å². The van der Waals surface area contributed by atoms with Gasteiger partial charge in [0, 0.05) is 19.5 Å². The molecule has 0 aliphatic carbocycles. The summed E-state index contributed by atoms with van der Waals surface area (Å²) < 4.78 is 18.7. The molecule has 26 heavy (non-hydrogen) atoms. The summed E-state index contributed by atoms with van der Waals surface area (Å²) in [5.74, 6) is 0.0562. The van der Waals surface area contributed by atoms with E-state index in [1.54, 1.807) is 24.0 Å². The molecule has 1 atom stereocenters. The third kappa shape index (κ3) is 4.20. The number of benzene rings is 2. The van der Waals surface area contributed by atoms with Gasteiger partial charge >= 0.3 is 0 Å². The highest BCUT2D eigenvalue weighted by molar-refractivity contribution is 6.00. The minimum Gasteiger partial charge on any atom is -0.479 e. The molecule has 1 aliphatic rings. The number of nitrogens with zero attached hydrogens (tertiary/aromatic N) is 1. The van der Waals surface area contributed by atoms with Crippen molar-refractivity contribution in [1.29, 1.82) is 0 Å². The van der Waals surface area contributed by atoms with Crippen molar-refractivity contribution in [2.45, 2.75) is 25.9 Å². The average molecular weight is 356 g/mol. The molecule has 136 valence electrons. The molecule has 5 nitrogen and oxygen atoms in total. The second-order valence-electron chi connectivity index (χ2n) is 6.20. The molecule has 0 saturated heterocycles. The maximum absolute atomic E-state index is 13.1. The number of carbonyl (C=O) groups excluding carboxylic acids is 2. The van der Waals surface area contributed by atoms with E-state index in [-0.39, 0.29) is 30.6 Å². The van der Waals surface area contributed by atoms with Gasteiger partial charge in [0.05, 0.1) is 5.69 Å². The zero-order valence-electron chi connectivity index (χ0n) is 14.6. The van der Waals surface area contributed by atoms with Crippen LogP contribution in [0.2, 0.25) is 0 Å². The van der Waals surface area contributed by atoms with Gasteiger partial charge in [0.2, 0.25) is 5.91 Å². The van der Waals surface area contributed by atoms with Crippen molar-refractivity contribution in [2.24, 2.45) is 0 Å². The number of anilines is 1. The molecule has 2 amide bonds. The Morgan fingerprint density at radius 1 is 1.23 bits per heavy atom. The Hall–Kier alpha value is -2.89. The van der Waals surface area contributed by atoms with Crippen LogP contribution < -0.4 is 15.0 Å². The Morgan fingerprint density at radius 3 is 2.85 bits per heavy atom. The molecule has 1 N–H and O–H groups in total. The molecule has 0 saturated carbocycles. The lowest BCUT2D eigenvalue weighted by molar-refractivity contribution is -0.125. The fourth-order valence-electron chi connectivity index (χ4n) is 2.93. The van der Waals surface area contributed by atoms with Crippen molar-refractivity contribution in [1.82, 2.24) is 5.32 Å². The highest BCUT2D eigenvalue weighted by Crippen LogP contribution is 2.33. The maximum atomic E-state index is 13.1. The third-order valence-electron chi connectivity index (χ3n) is 4.26. The van der Waals surface area contributed by atoms with E-state index in [1.165, 1.54) is 12.1 Å². The van der Waals surface area contributed by atoms with Crippen LogP contribution >= 0.6 is 0 Å². The van der Waals surface area contributed by atoms with E-state index in [1.807, 2.05) is 24.3 Å². The molecular formula is C20H21FN2O3. The van der Waals surface area contributed by atoms with Crippen molar-refractivity contribution >= 4 is 17.5 Å². The molecule has 2 aromatic rings. The molecule has 6 heteroatoms. The van der Waals surface area contributed by atoms with E-state index in [2.05, 4.69) is 5.32 Å². The summed E-state index contributed by atoms with van der Waals surface area (Å²) in [6.07, 6.45) is 0.177. The molecule has 0 fully saturated rings. The Labute approximate surface area is 151 Å². The number of fused-ring (bicyclic) bond motifs is 1. The average Bonchev–Trinajstić information content (AvgIpc) is 2.62. The first-order valence-electron chi connectivity index (χ1n) is 8.63. The fourth-order valence-corrected chi connectivity index (χ4v) is 2.93. The number of amides is 2. The zero-order valence-corrected chi connectivity index (χ0v) is 14.6. The lowest BCUT2D eigenvalue weighted by Gasteiger charge is -2.32. The number of para-hydroxylation sites is 2. The first-order chi connectivity index (χ1) is 12.5. The summed E-state index contributed by atoms with van der Waals surface area (Å²) in [4.78, 5) is 26.0. The number of hydrogen-bond acceptors (Lipinski definition) is 3. The number of ether oxygens (including phenoxy) is 1. The predicted octanol–water partition coefficient (Wildman–Crippen LogP) is 2.69. The summed E-state index contributed by atoms with van der Waals surface area (Å²) in [6.45, 7) is 2.41. The van der Waals surface area contributed by atoms with E-state index in [9.17, 15) is 14.0 Å². The Morgan fingerprint density at radius 2 is 2.04 bits per heavy atom. The number of hydrogen-bond donors (Lipinski definition) is 1. The Balaban J connectivity index is 1.52. The van der Waals surface area contributed by atoms with Gasteiger partial charge in [-0.05, 0) is 43.2 Å². The SMILES string of the molecule is CC1Oc2ccccc2N(CCC(=O)NCCc2cccc(F)c2)C1=O. The van der Waals surface area contributed by atoms with Crippen LogP contribution in [0.15, 0.2) is 48.5 Å². The number of rotatable bonds is 6. The summed E-state index contributed by atoms with van der Waals surface area (Å²) in [6, 6.07) is 13.6. The lowest BCUT2D eigenvalue weighted by Crippen LogP contribution is -2.45. The number of nitrogens with one attached hydrogen (secondary N) is 1. The standard InChI is InChI=1S/C20H21FN2O3/c1-14-20(25)23(17-7-2-3-8-18(17)26-14)12-10-19(24)22-11-9-15-5-4-6-16(21)13-15/h2-8,13-14H,9-12H2,1H3,(H,22,24). The molecule has 1 heterocycles. The molecule has 0 spiro atoms. The van der Waals surface area contributed by atoms with Crippen molar-refractivity contribution in [3.05, 3.63) is 59.9 Å². The molecule has 1 unspecified atom stereocenters. The van der Waals surface area contributed by atoms with Gasteiger partial charge in [0.15, 0.2) is 6.10 Å². The van der Waals surface area contributed by atoms with Gasteiger partial charge in [-0.3, -0.25) is 9.59 Å². The van der Waals surface area contributed by atoms with Gasteiger partial charge in [-0.25, -0.2) is 4.39 Å². The van der Waals surface area contributed by atoms with Crippen LogP contribution in [0, 0.1) is 5.82 Å². The van der Waals surface area contributed by atoms with Gasteiger partial charge in [0.25, 0.3) is 5.91 Å². The van der Waals surface area contributed by atoms with Crippen molar-refractivity contribution < 1.29 is 18.7 Å². The number of carbonyl (C=O) groups is 2. The van der Waals surface area contributed by atoms with Gasteiger partial charge in [0.1, 0.15) is 11.6 Å². The molecule has 0 aromatic heterocycles. The monoisotopic (exact) mass is 356 g/mol. The summed E-state index contributed by atoms with van der Waals surface area (Å²) in [7, 11) is 0. The summed E-state index contributed by atoms with van der Waals surface area (Å²) in [5, 5.41) is 2.81. The maximum Gasteiger partial charge on any atom is 0.267 e. The van der Waals surface area contributed by atoms with E-state index < -0.39 is 6.10 Å². The van der Waals surface area contributed by atoms with E-state index >= 15 is 0 Å². The largest absolute Gasteiger partial charge is 0.479 e. The highest BCUT2D eigenvalue weighted by atomic mass is 19.1. The first-order valence-corrected chi connectivity index (χ1v) is 8.63. The summed E-state index contributed by atoms with van der Waals surface area (Å²) in [5.41, 5.74) is 1.51. The smallest absolute Gasteiger partial charge is 0.267 e. The molecule has 3 rings (SSSR count). The van der Waals surface area contributed by atoms with E-state index in [0.29, 0.717) is 24.4 Å². The summed E-state index contributed by atoms with van der Waals surface area (Å²) >= 11 is 0. The normalized spacial score (nSPS) is 16.0. The minimum absolute atomic E-state index is 0.147. The van der Waals surface area contributed by atoms with E-state index in [0.717, 1.165) is 5.56 Å². The minimum atomic E-state index is -0.569. The topological polar surface area (TPSA) is 58.6 Å². The van der Waals surface area contributed by atoms with E-state index in [4.69, 9.17) is 4.74 Å². The second-order valence-corrected chi connectivity index (χ2v) is 6.20. The molecule has 2 aromatic carbocycles. The zero-order chi connectivity index (χ0) is 18.5. The van der Waals surface area contributed by atoms with Crippen molar-refractivity contribution in [3.8, 4) is 5.75 Å². The van der Waals surface area contributed by atoms with Crippen LogP contribution in [0.3, 0.4) is 0 Å². The molecule has 1 aliphatic heterocycles.